The Morgan fingerprint density at radius 1 is 0.968 bits per heavy atom. The van der Waals surface area contributed by atoms with Crippen molar-refractivity contribution in [2.75, 3.05) is 20.8 Å². The van der Waals surface area contributed by atoms with Crippen molar-refractivity contribution in [2.24, 2.45) is 5.92 Å². The van der Waals surface area contributed by atoms with Crippen LogP contribution in [0.4, 0.5) is 0 Å². The molecule has 7 nitrogen and oxygen atoms in total. The van der Waals surface area contributed by atoms with Gasteiger partial charge in [0, 0.05) is 6.54 Å². The number of hydrogen-bond donors (Lipinski definition) is 0. The van der Waals surface area contributed by atoms with Crippen LogP contribution in [-0.4, -0.2) is 43.4 Å². The first-order chi connectivity index (χ1) is 14.8. The first-order valence-electron chi connectivity index (χ1n) is 10.2. The molecule has 1 aliphatic rings. The van der Waals surface area contributed by atoms with E-state index in [1.807, 2.05) is 26.8 Å². The number of benzene rings is 2. The lowest BCUT2D eigenvalue weighted by atomic mass is 10.1. The molecule has 31 heavy (non-hydrogen) atoms. The zero-order valence-corrected chi connectivity index (χ0v) is 18.5. The quantitative estimate of drug-likeness (QED) is 0.469. The number of esters is 1. The van der Waals surface area contributed by atoms with E-state index in [0.29, 0.717) is 29.5 Å². The van der Waals surface area contributed by atoms with Crippen molar-refractivity contribution in [1.29, 1.82) is 0 Å². The van der Waals surface area contributed by atoms with Gasteiger partial charge in [-0.05, 0) is 60.7 Å². The third-order valence-electron chi connectivity index (χ3n) is 5.34. The molecule has 0 radical (unpaired) electrons. The van der Waals surface area contributed by atoms with Crippen LogP contribution < -0.4 is 9.47 Å². The van der Waals surface area contributed by atoms with Crippen molar-refractivity contribution < 1.29 is 28.6 Å². The number of nitrogens with zero attached hydrogens (tertiary/aromatic N) is 1. The monoisotopic (exact) mass is 425 g/mol. The summed E-state index contributed by atoms with van der Waals surface area (Å²) in [6, 6.07) is 8.05. The molecule has 0 aromatic heterocycles. The molecule has 2 amide bonds. The van der Waals surface area contributed by atoms with Crippen LogP contribution in [0.25, 0.3) is 0 Å². The Labute approximate surface area is 181 Å². The molecule has 0 atom stereocenters. The number of amides is 2. The standard InChI is InChI=1S/C24H27NO6/c1-14(2)8-9-25-22(26)18-7-6-16(11-19(18)23(25)27)24(28)31-13-17-12-21(30-5)20(29-4)10-15(17)3/h6-7,10-12,14H,8-9,13H2,1-5H3. The summed E-state index contributed by atoms with van der Waals surface area (Å²) in [6.45, 7) is 6.35. The number of hydrogen-bond acceptors (Lipinski definition) is 6. The van der Waals surface area contributed by atoms with E-state index in [-0.39, 0.29) is 29.5 Å². The van der Waals surface area contributed by atoms with Crippen LogP contribution in [0.3, 0.4) is 0 Å². The highest BCUT2D eigenvalue weighted by atomic mass is 16.5. The zero-order valence-electron chi connectivity index (χ0n) is 18.5. The minimum absolute atomic E-state index is 0.0372. The van der Waals surface area contributed by atoms with Gasteiger partial charge in [0.1, 0.15) is 6.61 Å². The maximum atomic E-state index is 12.7. The second-order valence-electron chi connectivity index (χ2n) is 7.91. The second-order valence-corrected chi connectivity index (χ2v) is 7.91. The van der Waals surface area contributed by atoms with Crippen molar-refractivity contribution >= 4 is 17.8 Å². The number of methoxy groups -OCH3 is 2. The fraction of sp³-hybridized carbons (Fsp3) is 0.375. The van der Waals surface area contributed by atoms with Gasteiger partial charge in [-0.15, -0.1) is 0 Å². The summed E-state index contributed by atoms with van der Waals surface area (Å²) in [7, 11) is 3.09. The Kier molecular flexibility index (Phi) is 6.63. The molecular weight excluding hydrogens is 398 g/mol. The van der Waals surface area contributed by atoms with Gasteiger partial charge in [-0.3, -0.25) is 14.5 Å². The average molecular weight is 425 g/mol. The van der Waals surface area contributed by atoms with E-state index in [1.165, 1.54) is 30.2 Å². The first kappa shape index (κ1) is 22.3. The van der Waals surface area contributed by atoms with Crippen LogP contribution in [0.5, 0.6) is 11.5 Å². The molecule has 0 fully saturated rings. The van der Waals surface area contributed by atoms with Crippen LogP contribution in [0.15, 0.2) is 30.3 Å². The molecule has 1 heterocycles. The fourth-order valence-electron chi connectivity index (χ4n) is 3.41. The van der Waals surface area contributed by atoms with Gasteiger partial charge in [-0.2, -0.15) is 0 Å². The highest BCUT2D eigenvalue weighted by Crippen LogP contribution is 2.31. The maximum absolute atomic E-state index is 12.7. The lowest BCUT2D eigenvalue weighted by Crippen LogP contribution is -2.31. The van der Waals surface area contributed by atoms with Gasteiger partial charge in [-0.25, -0.2) is 4.79 Å². The molecule has 0 saturated carbocycles. The van der Waals surface area contributed by atoms with Crippen molar-refractivity contribution in [2.45, 2.75) is 33.8 Å². The molecule has 164 valence electrons. The van der Waals surface area contributed by atoms with E-state index in [2.05, 4.69) is 0 Å². The predicted molar refractivity (Wildman–Crippen MR) is 115 cm³/mol. The third-order valence-corrected chi connectivity index (χ3v) is 5.34. The minimum atomic E-state index is -0.571. The lowest BCUT2D eigenvalue weighted by Gasteiger charge is -2.14. The van der Waals surface area contributed by atoms with Crippen molar-refractivity contribution in [1.82, 2.24) is 4.90 Å². The van der Waals surface area contributed by atoms with E-state index in [1.54, 1.807) is 13.2 Å². The minimum Gasteiger partial charge on any atom is -0.493 e. The molecule has 2 aromatic rings. The average Bonchev–Trinajstić information content (AvgIpc) is 3.00. The topological polar surface area (TPSA) is 82.1 Å². The maximum Gasteiger partial charge on any atom is 0.338 e. The van der Waals surface area contributed by atoms with E-state index >= 15 is 0 Å². The summed E-state index contributed by atoms with van der Waals surface area (Å²) < 4.78 is 16.0. The molecule has 0 spiro atoms. The number of aryl methyl sites for hydroxylation is 1. The van der Waals surface area contributed by atoms with Gasteiger partial charge >= 0.3 is 5.97 Å². The summed E-state index contributed by atoms with van der Waals surface area (Å²) in [5, 5.41) is 0. The van der Waals surface area contributed by atoms with Crippen LogP contribution in [0, 0.1) is 12.8 Å². The Bertz CT molecular complexity index is 1030. The molecule has 0 N–H and O–H groups in total. The van der Waals surface area contributed by atoms with Crippen molar-refractivity contribution in [3.8, 4) is 11.5 Å². The zero-order chi connectivity index (χ0) is 22.7. The van der Waals surface area contributed by atoms with E-state index in [9.17, 15) is 14.4 Å². The molecule has 7 heteroatoms. The number of ether oxygens (including phenoxy) is 3. The number of carbonyl (C=O) groups is 3. The van der Waals surface area contributed by atoms with Crippen LogP contribution in [-0.2, 0) is 11.3 Å². The number of imide groups is 1. The SMILES string of the molecule is COc1cc(C)c(COC(=O)c2ccc3c(c2)C(=O)N(CCC(C)C)C3=O)cc1OC. The summed E-state index contributed by atoms with van der Waals surface area (Å²) in [6.07, 6.45) is 0.727. The Morgan fingerprint density at radius 2 is 1.61 bits per heavy atom. The van der Waals surface area contributed by atoms with Crippen molar-refractivity contribution in [3.63, 3.8) is 0 Å². The van der Waals surface area contributed by atoms with Gasteiger partial charge in [0.2, 0.25) is 0 Å². The van der Waals surface area contributed by atoms with Gasteiger partial charge in [0.15, 0.2) is 11.5 Å². The summed E-state index contributed by atoms with van der Waals surface area (Å²) in [5.74, 6) is 0.251. The van der Waals surface area contributed by atoms with Crippen molar-refractivity contribution in [3.05, 3.63) is 58.1 Å². The van der Waals surface area contributed by atoms with Crippen LogP contribution >= 0.6 is 0 Å². The molecule has 0 saturated heterocycles. The smallest absolute Gasteiger partial charge is 0.338 e. The van der Waals surface area contributed by atoms with Gasteiger partial charge < -0.3 is 14.2 Å². The Hall–Kier alpha value is -3.35. The van der Waals surface area contributed by atoms with E-state index in [0.717, 1.165) is 17.5 Å². The molecule has 2 aromatic carbocycles. The molecular formula is C24H27NO6. The first-order valence-corrected chi connectivity index (χ1v) is 10.2. The molecule has 1 aliphatic heterocycles. The van der Waals surface area contributed by atoms with Crippen LogP contribution in [0.1, 0.15) is 62.5 Å². The number of fused-ring (bicyclic) bond motifs is 1. The Morgan fingerprint density at radius 3 is 2.26 bits per heavy atom. The van der Waals surface area contributed by atoms with E-state index in [4.69, 9.17) is 14.2 Å². The number of carbonyl (C=O) groups excluding carboxylic acids is 3. The van der Waals surface area contributed by atoms with Gasteiger partial charge in [0.25, 0.3) is 11.8 Å². The summed E-state index contributed by atoms with van der Waals surface area (Å²) >= 11 is 0. The fourth-order valence-corrected chi connectivity index (χ4v) is 3.41. The highest BCUT2D eigenvalue weighted by molar-refractivity contribution is 6.21. The Balaban J connectivity index is 1.74. The van der Waals surface area contributed by atoms with Gasteiger partial charge in [0.05, 0.1) is 30.9 Å². The number of rotatable bonds is 8. The third kappa shape index (κ3) is 4.55. The largest absolute Gasteiger partial charge is 0.493 e. The molecule has 0 bridgehead atoms. The summed E-state index contributed by atoms with van der Waals surface area (Å²) in [4.78, 5) is 39.1. The second kappa shape index (κ2) is 9.20. The van der Waals surface area contributed by atoms with Gasteiger partial charge in [-0.1, -0.05) is 13.8 Å². The highest BCUT2D eigenvalue weighted by Gasteiger charge is 2.35. The molecule has 3 rings (SSSR count). The summed E-state index contributed by atoms with van der Waals surface area (Å²) in [5.41, 5.74) is 2.45. The predicted octanol–water partition coefficient (Wildman–Crippen LogP) is 4.01. The normalized spacial score (nSPS) is 12.9. The van der Waals surface area contributed by atoms with Crippen LogP contribution in [0.2, 0.25) is 0 Å². The molecule has 0 unspecified atom stereocenters. The lowest BCUT2D eigenvalue weighted by molar-refractivity contribution is 0.0471. The van der Waals surface area contributed by atoms with E-state index < -0.39 is 5.97 Å². The molecule has 0 aliphatic carbocycles.